The Labute approximate surface area is 147 Å². The maximum Gasteiger partial charge on any atom is 0.339 e. The summed E-state index contributed by atoms with van der Waals surface area (Å²) in [5.41, 5.74) is 6.60. The minimum Gasteiger partial charge on any atom is -0.478 e. The number of amides is 1. The summed E-state index contributed by atoms with van der Waals surface area (Å²) in [6.45, 7) is 0. The van der Waals surface area contributed by atoms with E-state index in [9.17, 15) is 9.59 Å². The molecule has 25 heavy (non-hydrogen) atoms. The number of halogens is 1. The first-order valence-corrected chi connectivity index (χ1v) is 7.48. The number of nitrogens with zero attached hydrogens (tertiary/aromatic N) is 1. The van der Waals surface area contributed by atoms with Crippen molar-refractivity contribution in [2.24, 2.45) is 0 Å². The van der Waals surface area contributed by atoms with Crippen LogP contribution in [0.3, 0.4) is 0 Å². The molecule has 3 rings (SSSR count). The first-order chi connectivity index (χ1) is 12.0. The fraction of sp³-hybridized carbons (Fsp3) is 0. The number of aromatic nitrogens is 1. The molecule has 0 bridgehead atoms. The van der Waals surface area contributed by atoms with Crippen molar-refractivity contribution >= 4 is 35.1 Å². The van der Waals surface area contributed by atoms with E-state index in [1.54, 1.807) is 24.3 Å². The number of pyridine rings is 1. The van der Waals surface area contributed by atoms with Crippen LogP contribution >= 0.6 is 11.6 Å². The lowest BCUT2D eigenvalue weighted by molar-refractivity contribution is 0.0697. The van der Waals surface area contributed by atoms with Crippen LogP contribution < -0.4 is 11.1 Å². The molecular weight excluding hydrogens is 346 g/mol. The number of aromatic carboxylic acids is 1. The lowest BCUT2D eigenvalue weighted by Gasteiger charge is -2.08. The summed E-state index contributed by atoms with van der Waals surface area (Å²) >= 11 is 5.79. The van der Waals surface area contributed by atoms with Crippen molar-refractivity contribution in [3.05, 3.63) is 64.9 Å². The number of nitrogens with two attached hydrogens (primary N) is 1. The van der Waals surface area contributed by atoms with Gasteiger partial charge in [0.05, 0.1) is 11.8 Å². The molecule has 2 aromatic heterocycles. The molecule has 7 nitrogen and oxygen atoms in total. The van der Waals surface area contributed by atoms with E-state index in [0.717, 1.165) is 0 Å². The number of carbonyl (C=O) groups is 2. The third-order valence-corrected chi connectivity index (χ3v) is 3.66. The highest BCUT2D eigenvalue weighted by Crippen LogP contribution is 2.30. The van der Waals surface area contributed by atoms with Crippen LogP contribution in [0.5, 0.6) is 0 Å². The van der Waals surface area contributed by atoms with Gasteiger partial charge in [-0.25, -0.2) is 9.78 Å². The number of benzene rings is 1. The van der Waals surface area contributed by atoms with Gasteiger partial charge in [-0.05, 0) is 42.5 Å². The number of nitrogens with one attached hydrogen (secondary N) is 1. The number of carboxylic acid groups (broad SMARTS) is 1. The number of hydrogen-bond donors (Lipinski definition) is 3. The van der Waals surface area contributed by atoms with Crippen molar-refractivity contribution in [2.45, 2.75) is 0 Å². The van der Waals surface area contributed by atoms with Crippen molar-refractivity contribution in [2.75, 3.05) is 11.1 Å². The van der Waals surface area contributed by atoms with Crippen LogP contribution in [0.4, 0.5) is 11.6 Å². The van der Waals surface area contributed by atoms with Gasteiger partial charge in [0.15, 0.2) is 5.76 Å². The molecule has 1 amide bonds. The zero-order chi connectivity index (χ0) is 18.0. The Bertz CT molecular complexity index is 951. The van der Waals surface area contributed by atoms with Gasteiger partial charge in [0.2, 0.25) is 0 Å². The van der Waals surface area contributed by atoms with Crippen molar-refractivity contribution in [3.8, 4) is 11.3 Å². The Morgan fingerprint density at radius 2 is 1.84 bits per heavy atom. The van der Waals surface area contributed by atoms with E-state index < -0.39 is 5.97 Å². The van der Waals surface area contributed by atoms with Crippen molar-refractivity contribution in [3.63, 3.8) is 0 Å². The Morgan fingerprint density at radius 3 is 2.48 bits per heavy atom. The van der Waals surface area contributed by atoms with Gasteiger partial charge >= 0.3 is 5.97 Å². The van der Waals surface area contributed by atoms with Crippen LogP contribution in [0.2, 0.25) is 5.02 Å². The first kappa shape index (κ1) is 16.5. The van der Waals surface area contributed by atoms with Crippen LogP contribution in [0.1, 0.15) is 20.7 Å². The summed E-state index contributed by atoms with van der Waals surface area (Å²) < 4.78 is 5.19. The minimum atomic E-state index is -1.14. The summed E-state index contributed by atoms with van der Waals surface area (Å²) in [5.74, 6) is -1.15. The van der Waals surface area contributed by atoms with Crippen LogP contribution in [0, 0.1) is 0 Å². The van der Waals surface area contributed by atoms with Gasteiger partial charge in [-0.1, -0.05) is 11.6 Å². The van der Waals surface area contributed by atoms with Gasteiger partial charge in [0, 0.05) is 10.6 Å². The van der Waals surface area contributed by atoms with Gasteiger partial charge in [0.25, 0.3) is 5.91 Å². The molecule has 4 N–H and O–H groups in total. The Morgan fingerprint density at radius 1 is 1.12 bits per heavy atom. The summed E-state index contributed by atoms with van der Waals surface area (Å²) in [5, 5.41) is 12.3. The largest absolute Gasteiger partial charge is 0.478 e. The molecule has 3 aromatic rings. The van der Waals surface area contributed by atoms with Crippen molar-refractivity contribution < 1.29 is 19.1 Å². The molecule has 0 atom stereocenters. The summed E-state index contributed by atoms with van der Waals surface area (Å²) in [4.78, 5) is 27.4. The molecule has 0 fully saturated rings. The summed E-state index contributed by atoms with van der Waals surface area (Å²) in [7, 11) is 0. The number of carboxylic acids is 1. The zero-order valence-corrected chi connectivity index (χ0v) is 13.4. The molecule has 1 aromatic carbocycles. The minimum absolute atomic E-state index is 0.0218. The predicted octanol–water partition coefficient (Wildman–Crippen LogP) is 3.53. The number of nitrogen functional groups attached to an aromatic ring is 1. The van der Waals surface area contributed by atoms with Crippen molar-refractivity contribution in [1.82, 2.24) is 4.98 Å². The maximum absolute atomic E-state index is 12.2. The fourth-order valence-electron chi connectivity index (χ4n) is 2.21. The van der Waals surface area contributed by atoms with Gasteiger partial charge < -0.3 is 20.6 Å². The predicted molar refractivity (Wildman–Crippen MR) is 92.7 cm³/mol. The lowest BCUT2D eigenvalue weighted by Crippen LogP contribution is -2.13. The fourth-order valence-corrected chi connectivity index (χ4v) is 2.34. The second kappa shape index (κ2) is 6.66. The molecule has 0 aliphatic heterocycles. The van der Waals surface area contributed by atoms with Crippen LogP contribution in [-0.2, 0) is 0 Å². The van der Waals surface area contributed by atoms with E-state index in [4.69, 9.17) is 26.9 Å². The number of anilines is 2. The van der Waals surface area contributed by atoms with E-state index in [-0.39, 0.29) is 28.9 Å². The van der Waals surface area contributed by atoms with Gasteiger partial charge in [-0.3, -0.25) is 4.79 Å². The Balaban J connectivity index is 1.85. The molecule has 0 saturated heterocycles. The van der Waals surface area contributed by atoms with Crippen LogP contribution in [0.15, 0.2) is 53.1 Å². The smallest absolute Gasteiger partial charge is 0.339 e. The standard InChI is InChI=1S/C17H12ClN3O4/c18-10-3-1-9(2-4-10)16(22)21-13-6-5-11(15(19)20-13)14-12(17(23)24)7-8-25-14/h1-8H,(H,23,24)(H3,19,20,21,22). The molecule has 0 spiro atoms. The summed E-state index contributed by atoms with van der Waals surface area (Å²) in [6.07, 6.45) is 1.26. The monoisotopic (exact) mass is 357 g/mol. The Kier molecular flexibility index (Phi) is 4.40. The number of furan rings is 1. The number of rotatable bonds is 4. The van der Waals surface area contributed by atoms with E-state index >= 15 is 0 Å². The maximum atomic E-state index is 12.2. The lowest BCUT2D eigenvalue weighted by atomic mass is 10.1. The number of hydrogen-bond acceptors (Lipinski definition) is 5. The first-order valence-electron chi connectivity index (χ1n) is 7.10. The molecular formula is C17H12ClN3O4. The van der Waals surface area contributed by atoms with Gasteiger partial charge in [0.1, 0.15) is 17.2 Å². The Hall–Kier alpha value is -3.32. The average molecular weight is 358 g/mol. The molecule has 0 aliphatic carbocycles. The van der Waals surface area contributed by atoms with Crippen molar-refractivity contribution in [1.29, 1.82) is 0 Å². The quantitative estimate of drug-likeness (QED) is 0.657. The van der Waals surface area contributed by atoms with Gasteiger partial charge in [-0.2, -0.15) is 0 Å². The van der Waals surface area contributed by atoms with Crippen LogP contribution in [0.25, 0.3) is 11.3 Å². The molecule has 8 heteroatoms. The van der Waals surface area contributed by atoms with E-state index in [2.05, 4.69) is 10.3 Å². The molecule has 0 radical (unpaired) electrons. The second-order valence-electron chi connectivity index (χ2n) is 5.06. The topological polar surface area (TPSA) is 118 Å². The average Bonchev–Trinajstić information content (AvgIpc) is 3.05. The molecule has 0 aliphatic rings. The molecule has 0 unspecified atom stereocenters. The normalized spacial score (nSPS) is 10.4. The highest BCUT2D eigenvalue weighted by atomic mass is 35.5. The molecule has 0 saturated carbocycles. The third kappa shape index (κ3) is 3.46. The second-order valence-corrected chi connectivity index (χ2v) is 5.50. The zero-order valence-electron chi connectivity index (χ0n) is 12.7. The summed E-state index contributed by atoms with van der Waals surface area (Å²) in [6, 6.07) is 10.7. The van der Waals surface area contributed by atoms with Crippen LogP contribution in [-0.4, -0.2) is 22.0 Å². The molecule has 2 heterocycles. The molecule has 126 valence electrons. The highest BCUT2D eigenvalue weighted by molar-refractivity contribution is 6.30. The van der Waals surface area contributed by atoms with Gasteiger partial charge in [-0.15, -0.1) is 0 Å². The third-order valence-electron chi connectivity index (χ3n) is 3.41. The SMILES string of the molecule is Nc1nc(NC(=O)c2ccc(Cl)cc2)ccc1-c1occc1C(=O)O. The van der Waals surface area contributed by atoms with E-state index in [1.807, 2.05) is 0 Å². The van der Waals surface area contributed by atoms with E-state index in [0.29, 0.717) is 16.1 Å². The number of carbonyl (C=O) groups excluding carboxylic acids is 1. The highest BCUT2D eigenvalue weighted by Gasteiger charge is 2.18. The van der Waals surface area contributed by atoms with E-state index in [1.165, 1.54) is 24.5 Å².